The number of carbonyl (C=O) groups excluding carboxylic acids is 1. The minimum absolute atomic E-state index is 0.188. The zero-order chi connectivity index (χ0) is 19.0. The van der Waals surface area contributed by atoms with Gasteiger partial charge in [0.2, 0.25) is 0 Å². The molecule has 2 heterocycles. The van der Waals surface area contributed by atoms with E-state index in [1.54, 1.807) is 18.2 Å². The Morgan fingerprint density at radius 1 is 1.22 bits per heavy atom. The number of anilines is 1. The number of hydrogen-bond acceptors (Lipinski definition) is 3. The van der Waals surface area contributed by atoms with Gasteiger partial charge in [0.1, 0.15) is 0 Å². The number of likely N-dealkylation sites (N-methyl/N-ethyl adjacent to an activating group) is 1. The van der Waals surface area contributed by atoms with Gasteiger partial charge in [-0.25, -0.2) is 0 Å². The van der Waals surface area contributed by atoms with E-state index in [2.05, 4.69) is 17.1 Å². The number of nitrogens with one attached hydrogen (secondary N) is 1. The molecule has 0 bridgehead atoms. The van der Waals surface area contributed by atoms with E-state index in [-0.39, 0.29) is 5.91 Å². The first kappa shape index (κ1) is 18.2. The minimum Gasteiger partial charge on any atom is -0.321 e. The summed E-state index contributed by atoms with van der Waals surface area (Å²) in [5, 5.41) is 4.77. The molecular weight excluding hydrogens is 381 g/mol. The normalized spacial score (nSPS) is 14.2. The molecule has 1 N–H and O–H groups in total. The average Bonchev–Trinajstić information content (AvgIpc) is 2.68. The number of hydrogen-bond donors (Lipinski definition) is 1. The van der Waals surface area contributed by atoms with Crippen LogP contribution in [0.3, 0.4) is 0 Å². The fourth-order valence-electron chi connectivity index (χ4n) is 3.55. The maximum Gasteiger partial charge on any atom is 0.256 e. The molecule has 2 aromatic carbocycles. The van der Waals surface area contributed by atoms with Crippen LogP contribution < -0.4 is 5.32 Å². The molecule has 1 aliphatic heterocycles. The standard InChI is InChI=1S/C21H19Cl2N3O/c1-2-26-10-9-18-15(12-26)20(14-5-3-4-6-17(14)24-18)21(27)25-19-11-13(22)7-8-16(19)23/h3-8,11H,2,9-10,12H2,1H3,(H,25,27). The van der Waals surface area contributed by atoms with Crippen LogP contribution in [0.15, 0.2) is 42.5 Å². The van der Waals surface area contributed by atoms with E-state index in [0.717, 1.165) is 48.2 Å². The number of fused-ring (bicyclic) bond motifs is 2. The Morgan fingerprint density at radius 3 is 2.85 bits per heavy atom. The first-order chi connectivity index (χ1) is 13.1. The third-order valence-corrected chi connectivity index (χ3v) is 5.54. The maximum atomic E-state index is 13.3. The molecule has 0 saturated carbocycles. The second-order valence-corrected chi connectivity index (χ2v) is 7.47. The largest absolute Gasteiger partial charge is 0.321 e. The molecule has 6 heteroatoms. The number of rotatable bonds is 3. The molecular formula is C21H19Cl2N3O. The summed E-state index contributed by atoms with van der Waals surface area (Å²) in [5.74, 6) is -0.188. The van der Waals surface area contributed by atoms with Crippen LogP contribution in [0, 0.1) is 0 Å². The van der Waals surface area contributed by atoms with Crippen LogP contribution in [-0.2, 0) is 13.0 Å². The van der Waals surface area contributed by atoms with E-state index in [1.165, 1.54) is 0 Å². The lowest BCUT2D eigenvalue weighted by Crippen LogP contribution is -2.33. The van der Waals surface area contributed by atoms with Gasteiger partial charge in [0, 0.05) is 41.2 Å². The second-order valence-electron chi connectivity index (χ2n) is 6.63. The van der Waals surface area contributed by atoms with Crippen molar-refractivity contribution in [3.8, 4) is 0 Å². The van der Waals surface area contributed by atoms with Crippen molar-refractivity contribution >= 4 is 45.7 Å². The molecule has 1 aromatic heterocycles. The summed E-state index contributed by atoms with van der Waals surface area (Å²) in [6.07, 6.45) is 0.839. The van der Waals surface area contributed by atoms with Gasteiger partial charge in [0.25, 0.3) is 5.91 Å². The topological polar surface area (TPSA) is 45.2 Å². The van der Waals surface area contributed by atoms with Crippen molar-refractivity contribution in [3.63, 3.8) is 0 Å². The highest BCUT2D eigenvalue weighted by Gasteiger charge is 2.25. The number of aromatic nitrogens is 1. The van der Waals surface area contributed by atoms with Crippen molar-refractivity contribution in [2.75, 3.05) is 18.4 Å². The van der Waals surface area contributed by atoms with Gasteiger partial charge >= 0.3 is 0 Å². The summed E-state index contributed by atoms with van der Waals surface area (Å²) in [5.41, 5.74) is 4.01. The van der Waals surface area contributed by atoms with Crippen molar-refractivity contribution in [3.05, 3.63) is 69.3 Å². The van der Waals surface area contributed by atoms with Crippen LogP contribution in [0.5, 0.6) is 0 Å². The van der Waals surface area contributed by atoms with Gasteiger partial charge in [-0.1, -0.05) is 48.3 Å². The number of carbonyl (C=O) groups is 1. The predicted molar refractivity (Wildman–Crippen MR) is 111 cm³/mol. The number of pyridine rings is 1. The molecule has 0 radical (unpaired) electrons. The Balaban J connectivity index is 1.84. The van der Waals surface area contributed by atoms with Gasteiger partial charge in [0.15, 0.2) is 0 Å². The summed E-state index contributed by atoms with van der Waals surface area (Å²) in [7, 11) is 0. The molecule has 1 amide bonds. The summed E-state index contributed by atoms with van der Waals surface area (Å²) < 4.78 is 0. The van der Waals surface area contributed by atoms with Crippen LogP contribution in [0.2, 0.25) is 10.0 Å². The van der Waals surface area contributed by atoms with E-state index < -0.39 is 0 Å². The molecule has 4 nitrogen and oxygen atoms in total. The van der Waals surface area contributed by atoms with Crippen molar-refractivity contribution in [1.82, 2.24) is 9.88 Å². The number of halogens is 2. The van der Waals surface area contributed by atoms with Crippen molar-refractivity contribution in [1.29, 1.82) is 0 Å². The van der Waals surface area contributed by atoms with Crippen molar-refractivity contribution < 1.29 is 4.79 Å². The summed E-state index contributed by atoms with van der Waals surface area (Å²) in [6.45, 7) is 4.74. The van der Waals surface area contributed by atoms with Crippen molar-refractivity contribution in [2.24, 2.45) is 0 Å². The van der Waals surface area contributed by atoms with E-state index in [4.69, 9.17) is 28.2 Å². The third-order valence-electron chi connectivity index (χ3n) is 4.98. The molecule has 1 aliphatic rings. The van der Waals surface area contributed by atoms with E-state index >= 15 is 0 Å². The lowest BCUT2D eigenvalue weighted by Gasteiger charge is -2.29. The summed E-state index contributed by atoms with van der Waals surface area (Å²) in [4.78, 5) is 20.4. The molecule has 0 fully saturated rings. The molecule has 4 rings (SSSR count). The van der Waals surface area contributed by atoms with Gasteiger partial charge < -0.3 is 5.32 Å². The molecule has 0 aliphatic carbocycles. The molecule has 0 saturated heterocycles. The quantitative estimate of drug-likeness (QED) is 0.660. The highest BCUT2D eigenvalue weighted by Crippen LogP contribution is 2.31. The molecule has 3 aromatic rings. The maximum absolute atomic E-state index is 13.3. The average molecular weight is 400 g/mol. The Labute approximate surface area is 168 Å². The van der Waals surface area contributed by atoms with E-state index in [9.17, 15) is 4.79 Å². The lowest BCUT2D eigenvalue weighted by atomic mass is 9.95. The lowest BCUT2D eigenvalue weighted by molar-refractivity contribution is 0.102. The second kappa shape index (κ2) is 7.47. The Morgan fingerprint density at radius 2 is 2.04 bits per heavy atom. The molecule has 0 unspecified atom stereocenters. The highest BCUT2D eigenvalue weighted by atomic mass is 35.5. The Bertz CT molecular complexity index is 1040. The fourth-order valence-corrected chi connectivity index (χ4v) is 3.89. The molecule has 0 spiro atoms. The van der Waals surface area contributed by atoms with Crippen LogP contribution >= 0.6 is 23.2 Å². The highest BCUT2D eigenvalue weighted by molar-refractivity contribution is 6.36. The zero-order valence-corrected chi connectivity index (χ0v) is 16.4. The third kappa shape index (κ3) is 3.53. The monoisotopic (exact) mass is 399 g/mol. The summed E-state index contributed by atoms with van der Waals surface area (Å²) >= 11 is 12.3. The summed E-state index contributed by atoms with van der Waals surface area (Å²) in [6, 6.07) is 12.8. The Kier molecular flexibility index (Phi) is 5.04. The van der Waals surface area contributed by atoms with Gasteiger partial charge in [-0.15, -0.1) is 0 Å². The van der Waals surface area contributed by atoms with Gasteiger partial charge in [-0.2, -0.15) is 0 Å². The number of benzene rings is 2. The predicted octanol–water partition coefficient (Wildman–Crippen LogP) is 5.17. The first-order valence-corrected chi connectivity index (χ1v) is 9.71. The van der Waals surface area contributed by atoms with E-state index in [0.29, 0.717) is 21.3 Å². The van der Waals surface area contributed by atoms with Crippen LogP contribution in [0.1, 0.15) is 28.5 Å². The van der Waals surface area contributed by atoms with Crippen molar-refractivity contribution in [2.45, 2.75) is 19.9 Å². The zero-order valence-electron chi connectivity index (χ0n) is 14.9. The van der Waals surface area contributed by atoms with Gasteiger partial charge in [0.05, 0.1) is 21.8 Å². The van der Waals surface area contributed by atoms with Crippen LogP contribution in [-0.4, -0.2) is 28.9 Å². The van der Waals surface area contributed by atoms with Crippen LogP contribution in [0.25, 0.3) is 10.9 Å². The number of nitrogens with zero attached hydrogens (tertiary/aromatic N) is 2. The smallest absolute Gasteiger partial charge is 0.256 e. The minimum atomic E-state index is -0.188. The van der Waals surface area contributed by atoms with Gasteiger partial charge in [-0.05, 0) is 30.8 Å². The van der Waals surface area contributed by atoms with E-state index in [1.807, 2.05) is 24.3 Å². The number of para-hydroxylation sites is 1. The van der Waals surface area contributed by atoms with Gasteiger partial charge in [-0.3, -0.25) is 14.7 Å². The molecule has 0 atom stereocenters. The van der Waals surface area contributed by atoms with Crippen LogP contribution in [0.4, 0.5) is 5.69 Å². The fraction of sp³-hybridized carbons (Fsp3) is 0.238. The first-order valence-electron chi connectivity index (χ1n) is 8.96. The number of amides is 1. The molecule has 27 heavy (non-hydrogen) atoms. The molecule has 138 valence electrons. The Hall–Kier alpha value is -2.14. The SMILES string of the molecule is CCN1CCc2nc3ccccc3c(C(=O)Nc3cc(Cl)ccc3Cl)c2C1.